The molecule has 0 aromatic heterocycles. The number of aromatic carboxylic acids is 1. The fourth-order valence-corrected chi connectivity index (χ4v) is 2.73. The van der Waals surface area contributed by atoms with Crippen molar-refractivity contribution in [1.29, 1.82) is 0 Å². The van der Waals surface area contributed by atoms with Crippen LogP contribution in [0.25, 0.3) is 6.08 Å². The Morgan fingerprint density at radius 1 is 1.32 bits per heavy atom. The van der Waals surface area contributed by atoms with Crippen molar-refractivity contribution in [2.24, 2.45) is 5.92 Å². The first-order valence-corrected chi connectivity index (χ1v) is 7.78. The number of likely N-dealkylation sites (tertiary alicyclic amines) is 1. The van der Waals surface area contributed by atoms with Gasteiger partial charge in [-0.1, -0.05) is 38.1 Å². The topological polar surface area (TPSA) is 57.6 Å². The van der Waals surface area contributed by atoms with Gasteiger partial charge in [0.15, 0.2) is 0 Å². The highest BCUT2D eigenvalue weighted by molar-refractivity contribution is 5.87. The number of hydrogen-bond acceptors (Lipinski definition) is 2. The Labute approximate surface area is 131 Å². The van der Waals surface area contributed by atoms with E-state index in [0.717, 1.165) is 24.9 Å². The normalized spacial score (nSPS) is 18.3. The van der Waals surface area contributed by atoms with Crippen LogP contribution in [0.4, 0.5) is 0 Å². The molecule has 1 aromatic carbocycles. The van der Waals surface area contributed by atoms with Crippen molar-refractivity contribution in [2.45, 2.75) is 39.2 Å². The quantitative estimate of drug-likeness (QED) is 0.906. The third-order valence-corrected chi connectivity index (χ3v) is 3.87. The van der Waals surface area contributed by atoms with Gasteiger partial charge in [-0.05, 0) is 36.5 Å². The van der Waals surface area contributed by atoms with Crippen molar-refractivity contribution in [2.75, 3.05) is 6.54 Å². The number of amides is 1. The highest BCUT2D eigenvalue weighted by Crippen LogP contribution is 2.21. The molecule has 22 heavy (non-hydrogen) atoms. The summed E-state index contributed by atoms with van der Waals surface area (Å²) >= 11 is 0. The second-order valence-corrected chi connectivity index (χ2v) is 6.18. The summed E-state index contributed by atoms with van der Waals surface area (Å²) in [5.74, 6) is -0.318. The maximum absolute atomic E-state index is 12.2. The van der Waals surface area contributed by atoms with Gasteiger partial charge >= 0.3 is 5.97 Å². The number of nitrogens with zero attached hydrogens (tertiary/aromatic N) is 1. The molecular formula is C18H23NO3. The summed E-state index contributed by atoms with van der Waals surface area (Å²) in [5.41, 5.74) is 1.24. The van der Waals surface area contributed by atoms with E-state index in [1.807, 2.05) is 11.0 Å². The Bertz CT molecular complexity index is 560. The van der Waals surface area contributed by atoms with Crippen LogP contribution >= 0.6 is 0 Å². The van der Waals surface area contributed by atoms with Crippen molar-refractivity contribution >= 4 is 18.0 Å². The molecule has 1 fully saturated rings. The van der Waals surface area contributed by atoms with Crippen molar-refractivity contribution in [3.8, 4) is 0 Å². The number of carboxylic acid groups (broad SMARTS) is 1. The maximum atomic E-state index is 12.2. The van der Waals surface area contributed by atoms with Gasteiger partial charge < -0.3 is 10.0 Å². The first-order valence-electron chi connectivity index (χ1n) is 7.78. The Morgan fingerprint density at radius 2 is 2.00 bits per heavy atom. The fourth-order valence-electron chi connectivity index (χ4n) is 2.73. The molecule has 118 valence electrons. The molecule has 2 rings (SSSR count). The second kappa shape index (κ2) is 7.25. The zero-order chi connectivity index (χ0) is 16.1. The standard InChI is InChI=1S/C18H23NO3/c1-13(2)12-17(20)19-11-3-4-16(19)10-7-14-5-8-15(9-6-14)18(21)22/h5-10,13,16H,3-4,11-12H2,1-2H3,(H,21,22)/b10-7+. The van der Waals surface area contributed by atoms with Gasteiger partial charge in [-0.15, -0.1) is 0 Å². The van der Waals surface area contributed by atoms with Gasteiger partial charge in [0.1, 0.15) is 0 Å². The molecule has 1 heterocycles. The molecule has 0 radical (unpaired) electrons. The zero-order valence-corrected chi connectivity index (χ0v) is 13.2. The van der Waals surface area contributed by atoms with Gasteiger partial charge in [0.25, 0.3) is 0 Å². The number of rotatable bonds is 5. The van der Waals surface area contributed by atoms with Crippen LogP contribution in [-0.2, 0) is 4.79 Å². The minimum Gasteiger partial charge on any atom is -0.478 e. The number of carboxylic acids is 1. The third-order valence-electron chi connectivity index (χ3n) is 3.87. The minimum absolute atomic E-state index is 0.158. The van der Waals surface area contributed by atoms with E-state index in [9.17, 15) is 9.59 Å². The molecule has 1 amide bonds. The molecule has 1 atom stereocenters. The zero-order valence-electron chi connectivity index (χ0n) is 13.2. The molecule has 0 saturated carbocycles. The largest absolute Gasteiger partial charge is 0.478 e. The third kappa shape index (κ3) is 4.20. The second-order valence-electron chi connectivity index (χ2n) is 6.18. The molecule has 4 heteroatoms. The van der Waals surface area contributed by atoms with E-state index in [0.29, 0.717) is 12.3 Å². The van der Waals surface area contributed by atoms with Gasteiger partial charge in [0.2, 0.25) is 5.91 Å². The van der Waals surface area contributed by atoms with Crippen LogP contribution in [-0.4, -0.2) is 34.5 Å². The average molecular weight is 301 g/mol. The number of carbonyl (C=O) groups excluding carboxylic acids is 1. The smallest absolute Gasteiger partial charge is 0.335 e. The van der Waals surface area contributed by atoms with Crippen LogP contribution in [0.15, 0.2) is 30.3 Å². The molecule has 1 N–H and O–H groups in total. The highest BCUT2D eigenvalue weighted by Gasteiger charge is 2.26. The van der Waals surface area contributed by atoms with E-state index in [4.69, 9.17) is 5.11 Å². The lowest BCUT2D eigenvalue weighted by Gasteiger charge is -2.23. The van der Waals surface area contributed by atoms with Crippen LogP contribution in [0.1, 0.15) is 49.0 Å². The van der Waals surface area contributed by atoms with Crippen LogP contribution in [0.3, 0.4) is 0 Å². The number of carbonyl (C=O) groups is 2. The van der Waals surface area contributed by atoms with E-state index in [1.54, 1.807) is 24.3 Å². The van der Waals surface area contributed by atoms with Gasteiger partial charge in [-0.25, -0.2) is 4.79 Å². The molecule has 1 aliphatic heterocycles. The molecular weight excluding hydrogens is 278 g/mol. The fraction of sp³-hybridized carbons (Fsp3) is 0.444. The summed E-state index contributed by atoms with van der Waals surface area (Å²) in [6.45, 7) is 4.95. The van der Waals surface area contributed by atoms with Crippen molar-refractivity contribution in [3.63, 3.8) is 0 Å². The molecule has 1 aromatic rings. The Kier molecular flexibility index (Phi) is 5.36. The summed E-state index contributed by atoms with van der Waals surface area (Å²) in [7, 11) is 0. The Hall–Kier alpha value is -2.10. The minimum atomic E-state index is -0.920. The molecule has 1 saturated heterocycles. The molecule has 0 spiro atoms. The van der Waals surface area contributed by atoms with E-state index < -0.39 is 5.97 Å². The van der Waals surface area contributed by atoms with Gasteiger partial charge in [0, 0.05) is 13.0 Å². The Morgan fingerprint density at radius 3 is 2.59 bits per heavy atom. The molecule has 0 bridgehead atoms. The van der Waals surface area contributed by atoms with Crippen molar-refractivity contribution in [3.05, 3.63) is 41.5 Å². The van der Waals surface area contributed by atoms with Gasteiger partial charge in [-0.3, -0.25) is 4.79 Å². The number of hydrogen-bond donors (Lipinski definition) is 1. The highest BCUT2D eigenvalue weighted by atomic mass is 16.4. The average Bonchev–Trinajstić information content (AvgIpc) is 2.93. The Balaban J connectivity index is 2.01. The van der Waals surface area contributed by atoms with Crippen molar-refractivity contribution in [1.82, 2.24) is 4.90 Å². The molecule has 1 aliphatic rings. The SMILES string of the molecule is CC(C)CC(=O)N1CCCC1/C=C/c1ccc(C(=O)O)cc1. The molecule has 4 nitrogen and oxygen atoms in total. The summed E-state index contributed by atoms with van der Waals surface area (Å²) < 4.78 is 0. The predicted molar refractivity (Wildman–Crippen MR) is 86.6 cm³/mol. The van der Waals surface area contributed by atoms with Crippen LogP contribution in [0, 0.1) is 5.92 Å². The summed E-state index contributed by atoms with van der Waals surface area (Å²) in [5, 5.41) is 8.88. The van der Waals surface area contributed by atoms with Gasteiger partial charge in [-0.2, -0.15) is 0 Å². The summed E-state index contributed by atoms with van der Waals surface area (Å²) in [6, 6.07) is 6.92. The lowest BCUT2D eigenvalue weighted by atomic mass is 10.1. The van der Waals surface area contributed by atoms with E-state index in [-0.39, 0.29) is 17.5 Å². The van der Waals surface area contributed by atoms with Crippen LogP contribution < -0.4 is 0 Å². The van der Waals surface area contributed by atoms with E-state index in [2.05, 4.69) is 19.9 Å². The summed E-state index contributed by atoms with van der Waals surface area (Å²) in [6.07, 6.45) is 6.65. The molecule has 1 unspecified atom stereocenters. The number of benzene rings is 1. The molecule has 0 aliphatic carbocycles. The summed E-state index contributed by atoms with van der Waals surface area (Å²) in [4.78, 5) is 25.0. The van der Waals surface area contributed by atoms with Crippen LogP contribution in [0.2, 0.25) is 0 Å². The first-order chi connectivity index (χ1) is 10.5. The van der Waals surface area contributed by atoms with Crippen LogP contribution in [0.5, 0.6) is 0 Å². The lowest BCUT2D eigenvalue weighted by molar-refractivity contribution is -0.132. The maximum Gasteiger partial charge on any atom is 0.335 e. The van der Waals surface area contributed by atoms with Gasteiger partial charge in [0.05, 0.1) is 11.6 Å². The van der Waals surface area contributed by atoms with Crippen molar-refractivity contribution < 1.29 is 14.7 Å². The van der Waals surface area contributed by atoms with E-state index in [1.165, 1.54) is 0 Å². The van der Waals surface area contributed by atoms with E-state index >= 15 is 0 Å². The predicted octanol–water partition coefficient (Wildman–Crippen LogP) is 3.44. The first kappa shape index (κ1) is 16.3. The lowest BCUT2D eigenvalue weighted by Crippen LogP contribution is -2.34. The monoisotopic (exact) mass is 301 g/mol.